The van der Waals surface area contributed by atoms with Gasteiger partial charge in [-0.15, -0.1) is 0 Å². The highest BCUT2D eigenvalue weighted by atomic mass is 16.4. The fraction of sp³-hybridized carbons (Fsp3) is 0.846. The van der Waals surface area contributed by atoms with Crippen molar-refractivity contribution in [1.82, 2.24) is 4.90 Å². The zero-order valence-corrected chi connectivity index (χ0v) is 10.2. The Bertz CT molecular complexity index is 371. The summed E-state index contributed by atoms with van der Waals surface area (Å²) in [4.78, 5) is 25.4. The van der Waals surface area contributed by atoms with Crippen LogP contribution in [0, 0.1) is 17.8 Å². The molecule has 0 radical (unpaired) electrons. The molecule has 17 heavy (non-hydrogen) atoms. The van der Waals surface area contributed by atoms with Gasteiger partial charge in [-0.25, -0.2) is 4.79 Å². The first-order valence-corrected chi connectivity index (χ1v) is 6.57. The lowest BCUT2D eigenvalue weighted by Gasteiger charge is -2.33. The van der Waals surface area contributed by atoms with Gasteiger partial charge in [0.25, 0.3) is 0 Å². The summed E-state index contributed by atoms with van der Waals surface area (Å²) in [6.07, 6.45) is 4.69. The van der Waals surface area contributed by atoms with Crippen molar-refractivity contribution in [2.45, 2.75) is 44.6 Å². The van der Waals surface area contributed by atoms with Gasteiger partial charge in [-0.05, 0) is 50.9 Å². The zero-order chi connectivity index (χ0) is 12.2. The van der Waals surface area contributed by atoms with E-state index in [2.05, 4.69) is 0 Å². The van der Waals surface area contributed by atoms with E-state index in [1.165, 1.54) is 6.42 Å². The first-order chi connectivity index (χ1) is 8.02. The monoisotopic (exact) mass is 237 g/mol. The summed E-state index contributed by atoms with van der Waals surface area (Å²) in [6, 6.07) is 0. The minimum atomic E-state index is -0.955. The number of fused-ring (bicyclic) bond motifs is 1. The van der Waals surface area contributed by atoms with Crippen molar-refractivity contribution in [3.05, 3.63) is 0 Å². The van der Waals surface area contributed by atoms with E-state index in [4.69, 9.17) is 0 Å². The van der Waals surface area contributed by atoms with Crippen molar-refractivity contribution < 1.29 is 14.7 Å². The largest absolute Gasteiger partial charge is 0.480 e. The Labute approximate surface area is 101 Å². The van der Waals surface area contributed by atoms with E-state index in [0.717, 1.165) is 31.1 Å². The van der Waals surface area contributed by atoms with Gasteiger partial charge >= 0.3 is 5.97 Å². The molecule has 0 bridgehead atoms. The number of amides is 1. The first kappa shape index (κ1) is 11.1. The van der Waals surface area contributed by atoms with Gasteiger partial charge in [0.05, 0.1) is 0 Å². The standard InChI is InChI=1S/C13H19NO3/c1-13(12(16)17)3-2-4-14(13)11(15)10-6-8-5-9(8)7-10/h8-10H,2-7H2,1H3,(H,16,17). The summed E-state index contributed by atoms with van der Waals surface area (Å²) in [5.41, 5.74) is -0.955. The number of hydrogen-bond donors (Lipinski definition) is 1. The van der Waals surface area contributed by atoms with Crippen molar-refractivity contribution in [1.29, 1.82) is 0 Å². The lowest BCUT2D eigenvalue weighted by Crippen LogP contribution is -2.52. The Kier molecular flexibility index (Phi) is 2.25. The van der Waals surface area contributed by atoms with Gasteiger partial charge in [-0.1, -0.05) is 0 Å². The molecule has 3 fully saturated rings. The smallest absolute Gasteiger partial charge is 0.329 e. The second-order valence-electron chi connectivity index (χ2n) is 6.10. The molecule has 1 saturated heterocycles. The van der Waals surface area contributed by atoms with Crippen LogP contribution in [0.2, 0.25) is 0 Å². The minimum Gasteiger partial charge on any atom is -0.480 e. The van der Waals surface area contributed by atoms with Crippen LogP contribution in [0.3, 0.4) is 0 Å². The number of carboxylic acids is 1. The van der Waals surface area contributed by atoms with Crippen LogP contribution in [-0.4, -0.2) is 34.0 Å². The maximum absolute atomic E-state index is 12.4. The molecule has 1 N–H and O–H groups in total. The molecule has 3 unspecified atom stereocenters. The maximum Gasteiger partial charge on any atom is 0.329 e. The molecule has 1 amide bonds. The Morgan fingerprint density at radius 1 is 1.24 bits per heavy atom. The van der Waals surface area contributed by atoms with E-state index in [0.29, 0.717) is 13.0 Å². The van der Waals surface area contributed by atoms with Crippen molar-refractivity contribution >= 4 is 11.9 Å². The number of aliphatic carboxylic acids is 1. The predicted octanol–water partition coefficient (Wildman–Crippen LogP) is 1.50. The minimum absolute atomic E-state index is 0.0969. The molecule has 0 aromatic carbocycles. The normalized spacial score (nSPS) is 43.6. The molecule has 2 saturated carbocycles. The molecule has 4 heteroatoms. The highest BCUT2D eigenvalue weighted by Crippen LogP contribution is 2.55. The molecule has 0 spiro atoms. The van der Waals surface area contributed by atoms with Gasteiger partial charge in [-0.2, -0.15) is 0 Å². The lowest BCUT2D eigenvalue weighted by molar-refractivity contribution is -0.157. The molecule has 3 rings (SSSR count). The van der Waals surface area contributed by atoms with Crippen LogP contribution >= 0.6 is 0 Å². The molecule has 1 aliphatic heterocycles. The zero-order valence-electron chi connectivity index (χ0n) is 10.2. The van der Waals surface area contributed by atoms with Crippen LogP contribution in [0.25, 0.3) is 0 Å². The average molecular weight is 237 g/mol. The van der Waals surface area contributed by atoms with E-state index in [9.17, 15) is 14.7 Å². The number of carbonyl (C=O) groups is 2. The average Bonchev–Trinajstić information content (AvgIpc) is 2.74. The van der Waals surface area contributed by atoms with Crippen LogP contribution in [-0.2, 0) is 9.59 Å². The molecule has 0 aromatic rings. The highest BCUT2D eigenvalue weighted by molar-refractivity contribution is 5.88. The van der Waals surface area contributed by atoms with Crippen LogP contribution in [0.15, 0.2) is 0 Å². The van der Waals surface area contributed by atoms with Crippen LogP contribution in [0.5, 0.6) is 0 Å². The Morgan fingerprint density at radius 2 is 1.88 bits per heavy atom. The van der Waals surface area contributed by atoms with Crippen molar-refractivity contribution in [2.24, 2.45) is 17.8 Å². The number of carboxylic acid groups (broad SMARTS) is 1. The number of nitrogens with zero attached hydrogens (tertiary/aromatic N) is 1. The molecule has 0 aromatic heterocycles. The third kappa shape index (κ3) is 1.57. The summed E-state index contributed by atoms with van der Waals surface area (Å²) in [6.45, 7) is 2.31. The third-order valence-electron chi connectivity index (χ3n) is 4.96. The first-order valence-electron chi connectivity index (χ1n) is 6.57. The quantitative estimate of drug-likeness (QED) is 0.791. The van der Waals surface area contributed by atoms with Crippen molar-refractivity contribution in [3.8, 4) is 0 Å². The van der Waals surface area contributed by atoms with Gasteiger partial charge in [-0.3, -0.25) is 4.79 Å². The number of carbonyl (C=O) groups excluding carboxylic acids is 1. The van der Waals surface area contributed by atoms with E-state index >= 15 is 0 Å². The second kappa shape index (κ2) is 3.47. The molecule has 4 nitrogen and oxygen atoms in total. The molecular formula is C13H19NO3. The van der Waals surface area contributed by atoms with Gasteiger partial charge in [0.15, 0.2) is 0 Å². The van der Waals surface area contributed by atoms with E-state index in [1.54, 1.807) is 11.8 Å². The highest BCUT2D eigenvalue weighted by Gasteiger charge is 2.52. The van der Waals surface area contributed by atoms with Crippen molar-refractivity contribution in [3.63, 3.8) is 0 Å². The summed E-state index contributed by atoms with van der Waals surface area (Å²) in [5.74, 6) is 0.881. The summed E-state index contributed by atoms with van der Waals surface area (Å²) in [7, 11) is 0. The maximum atomic E-state index is 12.4. The van der Waals surface area contributed by atoms with E-state index in [1.807, 2.05) is 0 Å². The molecule has 3 aliphatic rings. The van der Waals surface area contributed by atoms with E-state index in [-0.39, 0.29) is 11.8 Å². The second-order valence-corrected chi connectivity index (χ2v) is 6.10. The lowest BCUT2D eigenvalue weighted by atomic mass is 9.95. The van der Waals surface area contributed by atoms with Crippen molar-refractivity contribution in [2.75, 3.05) is 6.54 Å². The van der Waals surface area contributed by atoms with Crippen LogP contribution < -0.4 is 0 Å². The molecule has 2 aliphatic carbocycles. The number of hydrogen-bond acceptors (Lipinski definition) is 2. The molecule has 94 valence electrons. The summed E-state index contributed by atoms with van der Waals surface area (Å²) in [5, 5.41) is 9.30. The van der Waals surface area contributed by atoms with Gasteiger partial charge in [0, 0.05) is 12.5 Å². The number of likely N-dealkylation sites (tertiary alicyclic amines) is 1. The summed E-state index contributed by atoms with van der Waals surface area (Å²) < 4.78 is 0. The fourth-order valence-electron chi connectivity index (χ4n) is 3.68. The van der Waals surface area contributed by atoms with Crippen LogP contribution in [0.1, 0.15) is 39.0 Å². The Hall–Kier alpha value is -1.06. The molecule has 1 heterocycles. The van der Waals surface area contributed by atoms with Gasteiger partial charge in [0.1, 0.15) is 5.54 Å². The third-order valence-corrected chi connectivity index (χ3v) is 4.96. The van der Waals surface area contributed by atoms with E-state index < -0.39 is 11.5 Å². The Morgan fingerprint density at radius 3 is 2.47 bits per heavy atom. The molecule has 3 atom stereocenters. The molecular weight excluding hydrogens is 218 g/mol. The fourth-order valence-corrected chi connectivity index (χ4v) is 3.68. The topological polar surface area (TPSA) is 57.6 Å². The predicted molar refractivity (Wildman–Crippen MR) is 61.3 cm³/mol. The van der Waals surface area contributed by atoms with Gasteiger partial charge in [0.2, 0.25) is 5.91 Å². The van der Waals surface area contributed by atoms with Gasteiger partial charge < -0.3 is 10.0 Å². The van der Waals surface area contributed by atoms with Crippen LogP contribution in [0.4, 0.5) is 0 Å². The Balaban J connectivity index is 1.74. The summed E-state index contributed by atoms with van der Waals surface area (Å²) >= 11 is 0. The number of rotatable bonds is 2. The SMILES string of the molecule is CC1(C(=O)O)CCCN1C(=O)C1CC2CC2C1.